The molecule has 0 amide bonds. The molecule has 1 nitrogen and oxygen atoms in total. The average molecular weight is 190 g/mol. The molecule has 0 aromatic carbocycles. The normalized spacial score (nSPS) is 12.0. The Balaban J connectivity index is 3.09. The van der Waals surface area contributed by atoms with E-state index in [1.807, 2.05) is 0 Å². The molecule has 0 radical (unpaired) electrons. The van der Waals surface area contributed by atoms with Crippen molar-refractivity contribution in [2.75, 3.05) is 13.1 Å². The zero-order valence-electron chi connectivity index (χ0n) is 6.98. The van der Waals surface area contributed by atoms with Crippen LogP contribution in [0.5, 0.6) is 0 Å². The molecule has 0 rings (SSSR count). The van der Waals surface area contributed by atoms with Gasteiger partial charge in [-0.25, -0.2) is 0 Å². The van der Waals surface area contributed by atoms with Gasteiger partial charge >= 0.3 is 65.0 Å². The van der Waals surface area contributed by atoms with Crippen LogP contribution >= 0.6 is 0 Å². The van der Waals surface area contributed by atoms with Crippen LogP contribution < -0.4 is 0 Å². The molecule has 0 saturated carbocycles. The average Bonchev–Trinajstić information content (AvgIpc) is 1.91. The third-order valence-electron chi connectivity index (χ3n) is 1.72. The monoisotopic (exact) mass is 191 g/mol. The first kappa shape index (κ1) is 9.50. The zero-order chi connectivity index (χ0) is 7.11. The molecular weight excluding hydrogens is 171 g/mol. The summed E-state index contributed by atoms with van der Waals surface area (Å²) in [7, 11) is 0. The molecule has 0 aromatic heterocycles. The second-order valence-corrected chi connectivity index (χ2v) is 6.68. The van der Waals surface area contributed by atoms with Gasteiger partial charge in [0.1, 0.15) is 0 Å². The van der Waals surface area contributed by atoms with Crippen molar-refractivity contribution in [2.24, 2.45) is 0 Å². The molecule has 56 valence electrons. The quantitative estimate of drug-likeness (QED) is 0.589. The summed E-state index contributed by atoms with van der Waals surface area (Å²) >= 11 is -0.234. The van der Waals surface area contributed by atoms with Gasteiger partial charge < -0.3 is 0 Å². The van der Waals surface area contributed by atoms with E-state index in [-0.39, 0.29) is 15.7 Å². The third kappa shape index (κ3) is 4.97. The van der Waals surface area contributed by atoms with E-state index >= 15 is 0 Å². The van der Waals surface area contributed by atoms with Crippen LogP contribution in [0.1, 0.15) is 27.2 Å². The van der Waals surface area contributed by atoms with Gasteiger partial charge in [0.05, 0.1) is 0 Å². The first-order chi connectivity index (χ1) is 4.35. The fourth-order valence-electron chi connectivity index (χ4n) is 0.922. The van der Waals surface area contributed by atoms with Gasteiger partial charge in [0.15, 0.2) is 0 Å². The molecule has 0 fully saturated rings. The molecule has 0 bridgehead atoms. The second-order valence-electron chi connectivity index (χ2n) is 2.38. The Hall–Kier alpha value is 0.503. The van der Waals surface area contributed by atoms with Crippen LogP contribution in [0.4, 0.5) is 0 Å². The Morgan fingerprint density at radius 2 is 1.67 bits per heavy atom. The van der Waals surface area contributed by atoms with E-state index in [0.29, 0.717) is 0 Å². The number of rotatable bonds is 5. The summed E-state index contributed by atoms with van der Waals surface area (Å²) in [6, 6.07) is 0. The van der Waals surface area contributed by atoms with Crippen LogP contribution in [0.2, 0.25) is 5.25 Å². The van der Waals surface area contributed by atoms with Crippen molar-refractivity contribution in [2.45, 2.75) is 32.4 Å². The third-order valence-corrected chi connectivity index (χ3v) is 7.07. The van der Waals surface area contributed by atoms with Gasteiger partial charge in [0, 0.05) is 0 Å². The number of nitrogens with zero attached hydrogens (tertiary/aromatic N) is 1. The fourth-order valence-corrected chi connectivity index (χ4v) is 3.85. The second kappa shape index (κ2) is 6.62. The summed E-state index contributed by atoms with van der Waals surface area (Å²) in [5.41, 5.74) is 0. The Kier molecular flexibility index (Phi) is 6.99. The molecule has 0 saturated heterocycles. The Morgan fingerprint density at radius 1 is 1.11 bits per heavy atom. The minimum absolute atomic E-state index is 0.234. The van der Waals surface area contributed by atoms with Crippen LogP contribution in [0.3, 0.4) is 0 Å². The molecule has 0 aromatic rings. The van der Waals surface area contributed by atoms with E-state index in [2.05, 4.69) is 24.6 Å². The molecule has 2 heteroatoms. The molecule has 0 aliphatic carbocycles. The maximum absolute atomic E-state index is 2.65. The van der Waals surface area contributed by atoms with Crippen molar-refractivity contribution >= 4 is 15.7 Å². The first-order valence-electron chi connectivity index (χ1n) is 4.07. The molecular formula is C7H19GeN. The Bertz CT molecular complexity index is 52.9. The van der Waals surface area contributed by atoms with Crippen molar-refractivity contribution in [3.05, 3.63) is 0 Å². The van der Waals surface area contributed by atoms with Gasteiger partial charge in [-0.2, -0.15) is 0 Å². The predicted octanol–water partition coefficient (Wildman–Crippen LogP) is 1.24. The zero-order valence-corrected chi connectivity index (χ0v) is 9.95. The van der Waals surface area contributed by atoms with Crippen molar-refractivity contribution in [1.82, 2.24) is 3.86 Å². The maximum atomic E-state index is 2.65. The molecule has 0 spiro atoms. The van der Waals surface area contributed by atoms with E-state index in [0.717, 1.165) is 0 Å². The molecule has 0 aliphatic heterocycles. The standard InChI is InChI=1S/C7H19GeN/c1-4-7-8-9(5-2)6-3/h4-8H2,1-3H3. The van der Waals surface area contributed by atoms with Crippen molar-refractivity contribution in [1.29, 1.82) is 0 Å². The summed E-state index contributed by atoms with van der Waals surface area (Å²) in [5, 5.41) is 1.54. The summed E-state index contributed by atoms with van der Waals surface area (Å²) in [4.78, 5) is 0. The molecule has 0 N–H and O–H groups in total. The molecule has 0 atom stereocenters. The topological polar surface area (TPSA) is 3.24 Å². The number of hydrogen-bond donors (Lipinski definition) is 0. The molecule has 0 heterocycles. The molecule has 0 unspecified atom stereocenters. The van der Waals surface area contributed by atoms with Gasteiger partial charge in [0.2, 0.25) is 0 Å². The summed E-state index contributed by atoms with van der Waals surface area (Å²) in [6.07, 6.45) is 1.40. The van der Waals surface area contributed by atoms with Gasteiger partial charge in [-0.15, -0.1) is 0 Å². The first-order valence-corrected chi connectivity index (χ1v) is 7.50. The minimum atomic E-state index is -0.234. The summed E-state index contributed by atoms with van der Waals surface area (Å²) in [6.45, 7) is 9.40. The number of hydrogen-bond acceptors (Lipinski definition) is 1. The van der Waals surface area contributed by atoms with Crippen LogP contribution in [-0.2, 0) is 0 Å². The molecule has 0 aliphatic rings. The van der Waals surface area contributed by atoms with Gasteiger partial charge in [0.25, 0.3) is 0 Å². The van der Waals surface area contributed by atoms with Crippen LogP contribution in [-0.4, -0.2) is 32.6 Å². The Morgan fingerprint density at radius 3 is 2.00 bits per heavy atom. The Labute approximate surface area is 65.5 Å². The van der Waals surface area contributed by atoms with Crippen molar-refractivity contribution in [3.63, 3.8) is 0 Å². The van der Waals surface area contributed by atoms with Gasteiger partial charge in [-0.05, 0) is 0 Å². The van der Waals surface area contributed by atoms with Crippen molar-refractivity contribution < 1.29 is 0 Å². The van der Waals surface area contributed by atoms with Gasteiger partial charge in [-0.3, -0.25) is 0 Å². The van der Waals surface area contributed by atoms with Crippen LogP contribution in [0.15, 0.2) is 0 Å². The molecule has 9 heavy (non-hydrogen) atoms. The van der Waals surface area contributed by atoms with E-state index in [4.69, 9.17) is 0 Å². The van der Waals surface area contributed by atoms with E-state index < -0.39 is 0 Å². The predicted molar refractivity (Wildman–Crippen MR) is 46.6 cm³/mol. The fraction of sp³-hybridized carbons (Fsp3) is 1.00. The van der Waals surface area contributed by atoms with Crippen molar-refractivity contribution in [3.8, 4) is 0 Å². The van der Waals surface area contributed by atoms with Crippen LogP contribution in [0.25, 0.3) is 0 Å². The SMILES string of the molecule is CC[CH2][GeH2][N](CC)CC. The summed E-state index contributed by atoms with van der Waals surface area (Å²) < 4.78 is 2.65. The summed E-state index contributed by atoms with van der Waals surface area (Å²) in [5.74, 6) is 0. The van der Waals surface area contributed by atoms with E-state index in [1.54, 1.807) is 0 Å². The van der Waals surface area contributed by atoms with Crippen LogP contribution in [0, 0.1) is 0 Å². The van der Waals surface area contributed by atoms with Gasteiger partial charge in [-0.1, -0.05) is 0 Å². The van der Waals surface area contributed by atoms with E-state index in [1.165, 1.54) is 24.8 Å². The van der Waals surface area contributed by atoms with E-state index in [9.17, 15) is 0 Å².